The minimum Gasteiger partial charge on any atom is -0.367 e. The van der Waals surface area contributed by atoms with Gasteiger partial charge in [0.15, 0.2) is 0 Å². The zero-order valence-electron chi connectivity index (χ0n) is 24.3. The van der Waals surface area contributed by atoms with Crippen molar-refractivity contribution in [1.82, 2.24) is 19.4 Å². The molecule has 1 fully saturated rings. The summed E-state index contributed by atoms with van der Waals surface area (Å²) in [6.07, 6.45) is 1.67. The molecule has 9 nitrogen and oxygen atoms in total. The quantitative estimate of drug-likeness (QED) is 0.435. The molecule has 0 aliphatic carbocycles. The largest absolute Gasteiger partial charge is 0.417 e. The van der Waals surface area contributed by atoms with Gasteiger partial charge in [-0.1, -0.05) is 6.08 Å². The number of amides is 1. The zero-order chi connectivity index (χ0) is 31.1. The van der Waals surface area contributed by atoms with Crippen LogP contribution in [0.25, 0.3) is 5.57 Å². The van der Waals surface area contributed by atoms with Crippen LogP contribution in [0.5, 0.6) is 0 Å². The van der Waals surface area contributed by atoms with E-state index in [1.165, 1.54) is 19.2 Å². The fourth-order valence-electron chi connectivity index (χ4n) is 5.57. The van der Waals surface area contributed by atoms with Crippen LogP contribution in [-0.2, 0) is 13.2 Å². The summed E-state index contributed by atoms with van der Waals surface area (Å²) in [6.45, 7) is 6.00. The number of carbonyl (C=O) groups excluding carboxylic acids is 1. The number of piperazine rings is 1. The van der Waals surface area contributed by atoms with Crippen LogP contribution < -0.4 is 20.7 Å². The Balaban J connectivity index is 1.57. The smallest absolute Gasteiger partial charge is 0.367 e. The molecule has 43 heavy (non-hydrogen) atoms. The second-order valence-corrected chi connectivity index (χ2v) is 11.1. The molecule has 0 spiro atoms. The number of alkyl halides is 3. The maximum absolute atomic E-state index is 15.9. The van der Waals surface area contributed by atoms with E-state index in [1.54, 1.807) is 18.5 Å². The number of nitrogens with one attached hydrogen (secondary N) is 1. The van der Waals surface area contributed by atoms with Crippen LogP contribution in [-0.4, -0.2) is 70.7 Å². The molecular formula is C30H33F4N7O2. The van der Waals surface area contributed by atoms with Gasteiger partial charge in [-0.3, -0.25) is 14.5 Å². The normalized spacial score (nSPS) is 19.8. The third-order valence-electron chi connectivity index (χ3n) is 8.14. The molecule has 4 heterocycles. The molecule has 0 saturated carbocycles. The van der Waals surface area contributed by atoms with E-state index in [9.17, 15) is 22.8 Å². The Hall–Kier alpha value is -4.26. The van der Waals surface area contributed by atoms with Gasteiger partial charge in [-0.25, -0.2) is 14.4 Å². The summed E-state index contributed by atoms with van der Waals surface area (Å²) in [4.78, 5) is 40.1. The van der Waals surface area contributed by atoms with Gasteiger partial charge in [0.25, 0.3) is 11.5 Å². The Morgan fingerprint density at radius 1 is 1.02 bits per heavy atom. The Labute approximate surface area is 246 Å². The van der Waals surface area contributed by atoms with E-state index in [-0.39, 0.29) is 23.3 Å². The Morgan fingerprint density at radius 3 is 2.35 bits per heavy atom. The third-order valence-corrected chi connectivity index (χ3v) is 8.14. The molecule has 228 valence electrons. The van der Waals surface area contributed by atoms with Crippen LogP contribution in [0.1, 0.15) is 41.8 Å². The van der Waals surface area contributed by atoms with Crippen molar-refractivity contribution in [3.05, 3.63) is 81.8 Å². The highest BCUT2D eigenvalue weighted by molar-refractivity contribution is 6.07. The van der Waals surface area contributed by atoms with Gasteiger partial charge in [-0.05, 0) is 51.1 Å². The van der Waals surface area contributed by atoms with Crippen molar-refractivity contribution in [3.63, 3.8) is 0 Å². The van der Waals surface area contributed by atoms with E-state index in [0.717, 1.165) is 10.8 Å². The summed E-state index contributed by atoms with van der Waals surface area (Å²) >= 11 is 0. The predicted octanol–water partition coefficient (Wildman–Crippen LogP) is 4.41. The number of hydrogen-bond donors (Lipinski definition) is 1. The van der Waals surface area contributed by atoms with Crippen molar-refractivity contribution >= 4 is 28.8 Å². The van der Waals surface area contributed by atoms with Crippen LogP contribution in [0.3, 0.4) is 0 Å². The third kappa shape index (κ3) is 6.26. The predicted molar refractivity (Wildman–Crippen MR) is 157 cm³/mol. The molecule has 1 amide bonds. The number of aryl methyl sites for hydroxylation is 1. The first kappa shape index (κ1) is 30.2. The molecule has 1 N–H and O–H groups in total. The van der Waals surface area contributed by atoms with Crippen LogP contribution >= 0.6 is 0 Å². The number of nitrogens with zero attached hydrogens (tertiary/aromatic N) is 6. The SMILES string of the molecule is C[C@@H]1CN(c2cc(F)c(C3=CCCN(c4ncccn4)C3)cc2NC(=O)c2cn(C)c(=O)cc2C(F)(F)F)C[C@H](C)N1C. The van der Waals surface area contributed by atoms with E-state index in [2.05, 4.69) is 20.2 Å². The molecule has 2 aromatic heterocycles. The first-order valence-electron chi connectivity index (χ1n) is 13.9. The van der Waals surface area contributed by atoms with Crippen molar-refractivity contribution in [2.45, 2.75) is 38.5 Å². The fraction of sp³-hybridized carbons (Fsp3) is 0.400. The zero-order valence-corrected chi connectivity index (χ0v) is 24.3. The van der Waals surface area contributed by atoms with Gasteiger partial charge in [0.05, 0.1) is 22.5 Å². The molecular weight excluding hydrogens is 566 g/mol. The summed E-state index contributed by atoms with van der Waals surface area (Å²) < 4.78 is 58.5. The Morgan fingerprint density at radius 2 is 1.70 bits per heavy atom. The molecule has 3 aromatic rings. The number of pyridine rings is 1. The first-order chi connectivity index (χ1) is 20.3. The second kappa shape index (κ2) is 11.8. The first-order valence-corrected chi connectivity index (χ1v) is 13.9. The van der Waals surface area contributed by atoms with E-state index in [1.807, 2.05) is 36.8 Å². The number of carbonyl (C=O) groups is 1. The lowest BCUT2D eigenvalue weighted by Crippen LogP contribution is -2.55. The molecule has 1 saturated heterocycles. The fourth-order valence-corrected chi connectivity index (χ4v) is 5.57. The lowest BCUT2D eigenvalue weighted by atomic mass is 9.98. The molecule has 13 heteroatoms. The number of rotatable bonds is 5. The topological polar surface area (TPSA) is 86.6 Å². The van der Waals surface area contributed by atoms with Gasteiger partial charge in [-0.2, -0.15) is 13.2 Å². The Bertz CT molecular complexity index is 1590. The van der Waals surface area contributed by atoms with Gasteiger partial charge < -0.3 is 19.7 Å². The number of likely N-dealkylation sites (N-methyl/N-ethyl adjacent to an activating group) is 1. The van der Waals surface area contributed by atoms with E-state index in [4.69, 9.17) is 0 Å². The molecule has 2 atom stereocenters. The van der Waals surface area contributed by atoms with E-state index in [0.29, 0.717) is 55.9 Å². The molecule has 0 radical (unpaired) electrons. The van der Waals surface area contributed by atoms with Gasteiger partial charge in [0.1, 0.15) is 5.82 Å². The molecule has 0 unspecified atom stereocenters. The standard InChI is InChI=1S/C30H33F4N7O2/c1-18-14-41(15-19(2)39(18)4)26-13-24(31)21(20-7-5-10-40(16-20)29-35-8-6-9-36-29)11-25(26)37-28(43)22-17-38(3)27(42)12-23(22)30(32,33)34/h6-9,11-13,17-19H,5,10,14-16H2,1-4H3,(H,37,43)/t18-,19+. The molecule has 2 aliphatic rings. The van der Waals surface area contributed by atoms with Gasteiger partial charge >= 0.3 is 6.18 Å². The average molecular weight is 600 g/mol. The van der Waals surface area contributed by atoms with Crippen LogP contribution in [0.4, 0.5) is 34.9 Å². The van der Waals surface area contributed by atoms with Crippen molar-refractivity contribution in [3.8, 4) is 0 Å². The highest BCUT2D eigenvalue weighted by Crippen LogP contribution is 2.37. The minimum absolute atomic E-state index is 0.0935. The number of aromatic nitrogens is 3. The van der Waals surface area contributed by atoms with Crippen molar-refractivity contribution in [2.75, 3.05) is 48.3 Å². The highest BCUT2D eigenvalue weighted by atomic mass is 19.4. The van der Waals surface area contributed by atoms with E-state index < -0.39 is 34.6 Å². The summed E-state index contributed by atoms with van der Waals surface area (Å²) in [5, 5.41) is 2.63. The molecule has 0 bridgehead atoms. The van der Waals surface area contributed by atoms with Crippen molar-refractivity contribution in [1.29, 1.82) is 0 Å². The molecule has 2 aliphatic heterocycles. The van der Waals surface area contributed by atoms with Crippen molar-refractivity contribution in [2.24, 2.45) is 7.05 Å². The lowest BCUT2D eigenvalue weighted by molar-refractivity contribution is -0.138. The van der Waals surface area contributed by atoms with Crippen LogP contribution in [0, 0.1) is 5.82 Å². The minimum atomic E-state index is -4.94. The van der Waals surface area contributed by atoms with Crippen molar-refractivity contribution < 1.29 is 22.4 Å². The number of halogens is 4. The number of anilines is 3. The van der Waals surface area contributed by atoms with Crippen LogP contribution in [0.15, 0.2) is 53.7 Å². The lowest BCUT2D eigenvalue weighted by Gasteiger charge is -2.44. The van der Waals surface area contributed by atoms with Gasteiger partial charge in [0, 0.05) is 75.5 Å². The Kier molecular flexibility index (Phi) is 8.28. The summed E-state index contributed by atoms with van der Waals surface area (Å²) in [7, 11) is 3.26. The summed E-state index contributed by atoms with van der Waals surface area (Å²) in [5.41, 5.74) is -1.57. The number of benzene rings is 1. The monoisotopic (exact) mass is 599 g/mol. The summed E-state index contributed by atoms with van der Waals surface area (Å²) in [5.74, 6) is -1.09. The molecule has 1 aromatic carbocycles. The second-order valence-electron chi connectivity index (χ2n) is 11.1. The van der Waals surface area contributed by atoms with Crippen LogP contribution in [0.2, 0.25) is 0 Å². The molecule has 5 rings (SSSR count). The summed E-state index contributed by atoms with van der Waals surface area (Å²) in [6, 6.07) is 5.11. The van der Waals surface area contributed by atoms with E-state index >= 15 is 4.39 Å². The maximum atomic E-state index is 15.9. The number of hydrogen-bond acceptors (Lipinski definition) is 7. The van der Waals surface area contributed by atoms with Gasteiger partial charge in [-0.15, -0.1) is 0 Å². The average Bonchev–Trinajstić information content (AvgIpc) is 2.97. The maximum Gasteiger partial charge on any atom is 0.417 e. The highest BCUT2D eigenvalue weighted by Gasteiger charge is 2.37. The van der Waals surface area contributed by atoms with Gasteiger partial charge in [0.2, 0.25) is 5.95 Å².